The Kier molecular flexibility index (Phi) is 2.18. The van der Waals surface area contributed by atoms with E-state index >= 15 is 0 Å². The van der Waals surface area contributed by atoms with Crippen molar-refractivity contribution in [3.8, 4) is 0 Å². The molecule has 2 rings (SSSR count). The van der Waals surface area contributed by atoms with Crippen molar-refractivity contribution in [2.24, 2.45) is 0 Å². The number of nitrogens with one attached hydrogen (secondary N) is 1. The zero-order valence-electron chi connectivity index (χ0n) is 9.08. The number of nitrogen functional groups attached to an aromatic ring is 1. The van der Waals surface area contributed by atoms with E-state index in [1.165, 1.54) is 5.56 Å². The van der Waals surface area contributed by atoms with Gasteiger partial charge < -0.3 is 15.8 Å². The van der Waals surface area contributed by atoms with Crippen LogP contribution in [-0.4, -0.2) is 12.3 Å². The Hall–Kier alpha value is -1.51. The third-order valence-corrected chi connectivity index (χ3v) is 3.01. The van der Waals surface area contributed by atoms with Gasteiger partial charge in [0.2, 0.25) is 0 Å². The largest absolute Gasteiger partial charge is 0.399 e. The fourth-order valence-corrected chi connectivity index (χ4v) is 2.24. The van der Waals surface area contributed by atoms with E-state index in [1.807, 2.05) is 18.2 Å². The normalized spacial score (nSPS) is 22.7. The molecule has 0 fully saturated rings. The summed E-state index contributed by atoms with van der Waals surface area (Å²) in [6.07, 6.45) is 1.79. The molecule has 1 heterocycles. The molecule has 3 nitrogen and oxygen atoms in total. The highest BCUT2D eigenvalue weighted by molar-refractivity contribution is 5.71. The van der Waals surface area contributed by atoms with Crippen LogP contribution in [-0.2, 0) is 10.2 Å². The molecule has 3 heteroatoms. The number of carbonyl (C=O) groups excluding carboxylic acids is 1. The summed E-state index contributed by atoms with van der Waals surface area (Å²) < 4.78 is 0. The summed E-state index contributed by atoms with van der Waals surface area (Å²) in [6, 6.07) is 5.71. The number of nitrogens with two attached hydrogens (primary N) is 1. The van der Waals surface area contributed by atoms with Crippen molar-refractivity contribution >= 4 is 17.7 Å². The molecule has 0 aromatic heterocycles. The maximum Gasteiger partial charge on any atom is 0.142 e. The van der Waals surface area contributed by atoms with Gasteiger partial charge in [0.05, 0.1) is 6.04 Å². The lowest BCUT2D eigenvalue weighted by Gasteiger charge is -2.36. The third-order valence-electron chi connectivity index (χ3n) is 3.01. The van der Waals surface area contributed by atoms with Crippen LogP contribution in [0, 0.1) is 0 Å². The highest BCUT2D eigenvalue weighted by Gasteiger charge is 2.32. The van der Waals surface area contributed by atoms with Crippen LogP contribution < -0.4 is 11.1 Å². The van der Waals surface area contributed by atoms with E-state index in [2.05, 4.69) is 19.2 Å². The van der Waals surface area contributed by atoms with Crippen LogP contribution in [0.4, 0.5) is 11.4 Å². The maximum atomic E-state index is 10.8. The van der Waals surface area contributed by atoms with Crippen molar-refractivity contribution in [2.75, 3.05) is 11.1 Å². The van der Waals surface area contributed by atoms with Crippen molar-refractivity contribution in [3.63, 3.8) is 0 Å². The summed E-state index contributed by atoms with van der Waals surface area (Å²) in [4.78, 5) is 10.8. The zero-order valence-corrected chi connectivity index (χ0v) is 9.08. The second kappa shape index (κ2) is 3.26. The fraction of sp³-hybridized carbons (Fsp3) is 0.417. The van der Waals surface area contributed by atoms with E-state index in [4.69, 9.17) is 5.73 Å². The predicted octanol–water partition coefficient (Wildman–Crippen LogP) is 1.93. The zero-order chi connectivity index (χ0) is 11.1. The monoisotopic (exact) mass is 204 g/mol. The Morgan fingerprint density at radius 2 is 2.27 bits per heavy atom. The summed E-state index contributed by atoms with van der Waals surface area (Å²) in [5.41, 5.74) is 8.77. The van der Waals surface area contributed by atoms with Crippen LogP contribution in [0.1, 0.15) is 25.8 Å². The number of anilines is 2. The molecule has 0 aliphatic carbocycles. The molecule has 3 N–H and O–H groups in total. The SMILES string of the molecule is CC1(C)CC(C=O)Nc2ccc(N)cc21. The molecule has 80 valence electrons. The van der Waals surface area contributed by atoms with Crippen LogP contribution in [0.2, 0.25) is 0 Å². The summed E-state index contributed by atoms with van der Waals surface area (Å²) in [6.45, 7) is 4.28. The number of rotatable bonds is 1. The first kappa shape index (κ1) is 10.0. The van der Waals surface area contributed by atoms with Crippen LogP contribution in [0.3, 0.4) is 0 Å². The van der Waals surface area contributed by atoms with Gasteiger partial charge in [0, 0.05) is 11.4 Å². The molecule has 1 aromatic rings. The molecule has 0 bridgehead atoms. The first-order valence-corrected chi connectivity index (χ1v) is 5.15. The fourth-order valence-electron chi connectivity index (χ4n) is 2.24. The van der Waals surface area contributed by atoms with Gasteiger partial charge in [0.15, 0.2) is 0 Å². The van der Waals surface area contributed by atoms with Crippen molar-refractivity contribution in [3.05, 3.63) is 23.8 Å². The minimum atomic E-state index is -0.0869. The van der Waals surface area contributed by atoms with Crippen molar-refractivity contribution < 1.29 is 4.79 Å². The first-order chi connectivity index (χ1) is 7.03. The second-order valence-corrected chi connectivity index (χ2v) is 4.78. The van der Waals surface area contributed by atoms with E-state index in [1.54, 1.807) is 0 Å². The second-order valence-electron chi connectivity index (χ2n) is 4.78. The molecule has 15 heavy (non-hydrogen) atoms. The lowest BCUT2D eigenvalue weighted by Crippen LogP contribution is -2.37. The van der Waals surface area contributed by atoms with Crippen molar-refractivity contribution in [2.45, 2.75) is 31.7 Å². The van der Waals surface area contributed by atoms with Crippen molar-refractivity contribution in [1.29, 1.82) is 0 Å². The summed E-state index contributed by atoms with van der Waals surface area (Å²) >= 11 is 0. The lowest BCUT2D eigenvalue weighted by atomic mass is 9.75. The smallest absolute Gasteiger partial charge is 0.142 e. The molecule has 0 saturated carbocycles. The van der Waals surface area contributed by atoms with Crippen LogP contribution in [0.15, 0.2) is 18.2 Å². The Bertz CT molecular complexity index is 399. The van der Waals surface area contributed by atoms with Gasteiger partial charge in [-0.25, -0.2) is 0 Å². The van der Waals surface area contributed by atoms with E-state index in [-0.39, 0.29) is 11.5 Å². The molecular formula is C12H16N2O. The highest BCUT2D eigenvalue weighted by Crippen LogP contribution is 2.39. The molecule has 1 aromatic carbocycles. The number of aldehydes is 1. The highest BCUT2D eigenvalue weighted by atomic mass is 16.1. The lowest BCUT2D eigenvalue weighted by molar-refractivity contribution is -0.108. The van der Waals surface area contributed by atoms with Gasteiger partial charge >= 0.3 is 0 Å². The van der Waals surface area contributed by atoms with Gasteiger partial charge in [-0.1, -0.05) is 13.8 Å². The minimum absolute atomic E-state index is 0.00153. The molecule has 0 radical (unpaired) electrons. The summed E-state index contributed by atoms with van der Waals surface area (Å²) in [5, 5.41) is 3.21. The van der Waals surface area contributed by atoms with Gasteiger partial charge in [-0.3, -0.25) is 0 Å². The predicted molar refractivity (Wildman–Crippen MR) is 62.0 cm³/mol. The van der Waals surface area contributed by atoms with Crippen LogP contribution in [0.5, 0.6) is 0 Å². The average Bonchev–Trinajstić information content (AvgIpc) is 2.18. The topological polar surface area (TPSA) is 55.1 Å². The van der Waals surface area contributed by atoms with E-state index in [9.17, 15) is 4.79 Å². The van der Waals surface area contributed by atoms with Gasteiger partial charge in [0.1, 0.15) is 6.29 Å². The number of hydrogen-bond acceptors (Lipinski definition) is 3. The van der Waals surface area contributed by atoms with E-state index in [0.717, 1.165) is 24.1 Å². The molecule has 0 spiro atoms. The van der Waals surface area contributed by atoms with Gasteiger partial charge in [-0.15, -0.1) is 0 Å². The van der Waals surface area contributed by atoms with Gasteiger partial charge in [-0.05, 0) is 35.6 Å². The summed E-state index contributed by atoms with van der Waals surface area (Å²) in [7, 11) is 0. The molecule has 0 saturated heterocycles. The van der Waals surface area contributed by atoms with Crippen molar-refractivity contribution in [1.82, 2.24) is 0 Å². The molecule has 1 aliphatic heterocycles. The third kappa shape index (κ3) is 1.69. The standard InChI is InChI=1S/C12H16N2O/c1-12(2)6-9(7-15)14-11-4-3-8(13)5-10(11)12/h3-5,7,9,14H,6,13H2,1-2H3. The molecular weight excluding hydrogens is 188 g/mol. The Balaban J connectivity index is 2.49. The first-order valence-electron chi connectivity index (χ1n) is 5.15. The summed E-state index contributed by atoms with van der Waals surface area (Å²) in [5.74, 6) is 0. The molecule has 1 atom stereocenters. The molecule has 1 aliphatic rings. The molecule has 1 unspecified atom stereocenters. The average molecular weight is 204 g/mol. The molecule has 0 amide bonds. The van der Waals surface area contributed by atoms with Crippen LogP contribution >= 0.6 is 0 Å². The number of carbonyl (C=O) groups is 1. The quantitative estimate of drug-likeness (QED) is 0.543. The number of hydrogen-bond donors (Lipinski definition) is 2. The van der Waals surface area contributed by atoms with E-state index < -0.39 is 0 Å². The van der Waals surface area contributed by atoms with Gasteiger partial charge in [-0.2, -0.15) is 0 Å². The van der Waals surface area contributed by atoms with E-state index in [0.29, 0.717) is 0 Å². The van der Waals surface area contributed by atoms with Gasteiger partial charge in [0.25, 0.3) is 0 Å². The Labute approximate surface area is 89.7 Å². The Morgan fingerprint density at radius 3 is 2.93 bits per heavy atom. The maximum absolute atomic E-state index is 10.8. The number of fused-ring (bicyclic) bond motifs is 1. The number of benzene rings is 1. The Morgan fingerprint density at radius 1 is 1.53 bits per heavy atom. The van der Waals surface area contributed by atoms with Crippen LogP contribution in [0.25, 0.3) is 0 Å². The minimum Gasteiger partial charge on any atom is -0.399 e.